The van der Waals surface area contributed by atoms with Crippen LogP contribution < -0.4 is 15.0 Å². The van der Waals surface area contributed by atoms with Crippen molar-refractivity contribution in [2.24, 2.45) is 5.92 Å². The predicted octanol–water partition coefficient (Wildman–Crippen LogP) is 3.22. The fourth-order valence-electron chi connectivity index (χ4n) is 2.84. The molecule has 130 valence electrons. The van der Waals surface area contributed by atoms with Crippen molar-refractivity contribution < 1.29 is 18.7 Å². The average Bonchev–Trinajstić information content (AvgIpc) is 2.99. The summed E-state index contributed by atoms with van der Waals surface area (Å²) in [6.07, 6.45) is 0.125. The second-order valence-electron chi connectivity index (χ2n) is 5.80. The van der Waals surface area contributed by atoms with Crippen LogP contribution in [0.2, 0.25) is 0 Å². The second-order valence-corrected chi connectivity index (χ2v) is 5.80. The third-order valence-electron chi connectivity index (χ3n) is 4.08. The summed E-state index contributed by atoms with van der Waals surface area (Å²) in [5, 5.41) is 2.84. The Bertz CT molecular complexity index is 776. The molecule has 1 atom stereocenters. The second kappa shape index (κ2) is 7.34. The minimum Gasteiger partial charge on any atom is -0.492 e. The van der Waals surface area contributed by atoms with Gasteiger partial charge in [0.15, 0.2) is 0 Å². The molecule has 6 heteroatoms. The molecule has 0 unspecified atom stereocenters. The summed E-state index contributed by atoms with van der Waals surface area (Å²) in [7, 11) is 0. The lowest BCUT2D eigenvalue weighted by Gasteiger charge is -2.17. The molecule has 0 spiro atoms. The van der Waals surface area contributed by atoms with E-state index in [1.165, 1.54) is 29.2 Å². The number of rotatable bonds is 5. The van der Waals surface area contributed by atoms with Gasteiger partial charge in [-0.25, -0.2) is 4.39 Å². The zero-order valence-corrected chi connectivity index (χ0v) is 13.9. The Kier molecular flexibility index (Phi) is 4.97. The maximum atomic E-state index is 13.0. The third-order valence-corrected chi connectivity index (χ3v) is 4.08. The summed E-state index contributed by atoms with van der Waals surface area (Å²) in [4.78, 5) is 26.3. The third kappa shape index (κ3) is 3.79. The molecular formula is C19H19FN2O3. The lowest BCUT2D eigenvalue weighted by Crippen LogP contribution is -2.28. The Balaban J connectivity index is 1.70. The highest BCUT2D eigenvalue weighted by molar-refractivity contribution is 6.03. The number of nitrogens with one attached hydrogen (secondary N) is 1. The van der Waals surface area contributed by atoms with Crippen LogP contribution in [0.5, 0.6) is 5.75 Å². The van der Waals surface area contributed by atoms with Gasteiger partial charge in [0.25, 0.3) is 0 Å². The molecule has 1 heterocycles. The van der Waals surface area contributed by atoms with Crippen LogP contribution in [0.25, 0.3) is 0 Å². The van der Waals surface area contributed by atoms with E-state index in [1.54, 1.807) is 12.1 Å². The highest BCUT2D eigenvalue weighted by Crippen LogP contribution is 2.28. The van der Waals surface area contributed by atoms with Gasteiger partial charge in [0.1, 0.15) is 11.6 Å². The summed E-state index contributed by atoms with van der Waals surface area (Å²) in [5.41, 5.74) is 1.18. The first-order valence-electron chi connectivity index (χ1n) is 8.17. The Morgan fingerprint density at radius 2 is 1.96 bits per heavy atom. The molecule has 1 aliphatic rings. The number of ether oxygens (including phenoxy) is 1. The van der Waals surface area contributed by atoms with Crippen molar-refractivity contribution in [2.45, 2.75) is 13.3 Å². The van der Waals surface area contributed by atoms with E-state index in [2.05, 4.69) is 5.32 Å². The number of carbonyl (C=O) groups is 2. The van der Waals surface area contributed by atoms with Gasteiger partial charge in [-0.05, 0) is 43.3 Å². The summed E-state index contributed by atoms with van der Waals surface area (Å²) in [6, 6.07) is 12.9. The monoisotopic (exact) mass is 342 g/mol. The van der Waals surface area contributed by atoms with E-state index in [4.69, 9.17) is 4.74 Å². The first kappa shape index (κ1) is 17.0. The van der Waals surface area contributed by atoms with Crippen molar-refractivity contribution >= 4 is 23.2 Å². The van der Waals surface area contributed by atoms with Gasteiger partial charge in [0.05, 0.1) is 18.2 Å². The van der Waals surface area contributed by atoms with Crippen molar-refractivity contribution in [1.29, 1.82) is 0 Å². The maximum Gasteiger partial charge on any atom is 0.229 e. The quantitative estimate of drug-likeness (QED) is 0.908. The van der Waals surface area contributed by atoms with Crippen LogP contribution in [-0.2, 0) is 9.59 Å². The van der Waals surface area contributed by atoms with Gasteiger partial charge in [0.2, 0.25) is 11.8 Å². The van der Waals surface area contributed by atoms with Crippen LogP contribution in [0, 0.1) is 11.7 Å². The number of benzene rings is 2. The summed E-state index contributed by atoms with van der Waals surface area (Å²) in [5.74, 6) is -0.613. The zero-order valence-electron chi connectivity index (χ0n) is 13.9. The van der Waals surface area contributed by atoms with Crippen LogP contribution in [0.3, 0.4) is 0 Å². The SMILES string of the molecule is CCOc1ccccc1NC(=O)[C@H]1CC(=O)N(c2ccc(F)cc2)C1. The number of hydrogen-bond donors (Lipinski definition) is 1. The van der Waals surface area contributed by atoms with Crippen LogP contribution in [0.15, 0.2) is 48.5 Å². The van der Waals surface area contributed by atoms with Gasteiger partial charge >= 0.3 is 0 Å². The molecule has 0 aliphatic carbocycles. The van der Waals surface area contributed by atoms with Crippen molar-refractivity contribution in [1.82, 2.24) is 0 Å². The molecule has 3 rings (SSSR count). The first-order valence-corrected chi connectivity index (χ1v) is 8.17. The number of nitrogens with zero attached hydrogens (tertiary/aromatic N) is 1. The van der Waals surface area contributed by atoms with E-state index in [0.29, 0.717) is 23.7 Å². The molecule has 1 fully saturated rings. The number of amides is 2. The van der Waals surface area contributed by atoms with Crippen molar-refractivity contribution in [3.05, 3.63) is 54.3 Å². The van der Waals surface area contributed by atoms with E-state index in [0.717, 1.165) is 0 Å². The average molecular weight is 342 g/mol. The number of hydrogen-bond acceptors (Lipinski definition) is 3. The predicted molar refractivity (Wildman–Crippen MR) is 93.1 cm³/mol. The normalized spacial score (nSPS) is 16.8. The Morgan fingerprint density at radius 1 is 1.24 bits per heavy atom. The largest absolute Gasteiger partial charge is 0.492 e. The minimum absolute atomic E-state index is 0.125. The van der Waals surface area contributed by atoms with Crippen molar-refractivity contribution in [3.63, 3.8) is 0 Å². The highest BCUT2D eigenvalue weighted by Gasteiger charge is 2.35. The molecule has 2 aromatic rings. The molecule has 0 radical (unpaired) electrons. The lowest BCUT2D eigenvalue weighted by molar-refractivity contribution is -0.122. The molecular weight excluding hydrogens is 323 g/mol. The number of carbonyl (C=O) groups excluding carboxylic acids is 2. The van der Waals surface area contributed by atoms with E-state index in [-0.39, 0.29) is 30.6 Å². The standard InChI is InChI=1S/C19H19FN2O3/c1-2-25-17-6-4-3-5-16(17)21-19(24)13-11-18(23)22(12-13)15-9-7-14(20)8-10-15/h3-10,13H,2,11-12H2,1H3,(H,21,24)/t13-/m0/s1. The van der Waals surface area contributed by atoms with Crippen molar-refractivity contribution in [3.8, 4) is 5.75 Å². The van der Waals surface area contributed by atoms with E-state index in [1.807, 2.05) is 19.1 Å². The molecule has 2 amide bonds. The highest BCUT2D eigenvalue weighted by atomic mass is 19.1. The molecule has 5 nitrogen and oxygen atoms in total. The van der Waals surface area contributed by atoms with Crippen molar-refractivity contribution in [2.75, 3.05) is 23.4 Å². The molecule has 1 aliphatic heterocycles. The number of anilines is 2. The van der Waals surface area contributed by atoms with Crippen LogP contribution in [-0.4, -0.2) is 25.0 Å². The van der Waals surface area contributed by atoms with E-state index < -0.39 is 5.92 Å². The van der Waals surface area contributed by atoms with Gasteiger partial charge < -0.3 is 15.0 Å². The fourth-order valence-corrected chi connectivity index (χ4v) is 2.84. The summed E-state index contributed by atoms with van der Waals surface area (Å²) in [6.45, 7) is 2.63. The lowest BCUT2D eigenvalue weighted by atomic mass is 10.1. The molecule has 0 saturated carbocycles. The van der Waals surface area contributed by atoms with Gasteiger partial charge in [-0.3, -0.25) is 9.59 Å². The molecule has 2 aromatic carbocycles. The maximum absolute atomic E-state index is 13.0. The number of para-hydroxylation sites is 2. The molecule has 0 bridgehead atoms. The van der Waals surface area contributed by atoms with Gasteiger partial charge in [-0.15, -0.1) is 0 Å². The van der Waals surface area contributed by atoms with Gasteiger partial charge in [-0.1, -0.05) is 12.1 Å². The van der Waals surface area contributed by atoms with Crippen LogP contribution in [0.4, 0.5) is 15.8 Å². The van der Waals surface area contributed by atoms with E-state index >= 15 is 0 Å². The Labute approximate surface area is 145 Å². The minimum atomic E-state index is -0.466. The zero-order chi connectivity index (χ0) is 17.8. The molecule has 1 N–H and O–H groups in total. The number of halogens is 1. The van der Waals surface area contributed by atoms with Gasteiger partial charge in [0, 0.05) is 18.7 Å². The molecule has 25 heavy (non-hydrogen) atoms. The fraction of sp³-hybridized carbons (Fsp3) is 0.263. The Hall–Kier alpha value is -2.89. The summed E-state index contributed by atoms with van der Waals surface area (Å²) >= 11 is 0. The van der Waals surface area contributed by atoms with E-state index in [9.17, 15) is 14.0 Å². The molecule has 1 saturated heterocycles. The van der Waals surface area contributed by atoms with Crippen LogP contribution in [0.1, 0.15) is 13.3 Å². The van der Waals surface area contributed by atoms with Gasteiger partial charge in [-0.2, -0.15) is 0 Å². The topological polar surface area (TPSA) is 58.6 Å². The van der Waals surface area contributed by atoms with Crippen LogP contribution >= 0.6 is 0 Å². The smallest absolute Gasteiger partial charge is 0.229 e. The Morgan fingerprint density at radius 3 is 2.68 bits per heavy atom. The molecule has 0 aromatic heterocycles. The summed E-state index contributed by atoms with van der Waals surface area (Å²) < 4.78 is 18.5. The first-order chi connectivity index (χ1) is 12.1.